The summed E-state index contributed by atoms with van der Waals surface area (Å²) in [5.41, 5.74) is 1.48. The highest BCUT2D eigenvalue weighted by atomic mass is 32.1. The number of nitrogens with one attached hydrogen (secondary N) is 3. The van der Waals surface area contributed by atoms with Gasteiger partial charge in [-0.25, -0.2) is 19.7 Å². The summed E-state index contributed by atoms with van der Waals surface area (Å²) in [5, 5.41) is 10.2. The van der Waals surface area contributed by atoms with Crippen LogP contribution in [0.3, 0.4) is 0 Å². The van der Waals surface area contributed by atoms with Gasteiger partial charge in [-0.2, -0.15) is 0 Å². The number of fused-ring (bicyclic) bond motifs is 1. The second-order valence-electron chi connectivity index (χ2n) is 6.70. The molecule has 4 aromatic rings. The van der Waals surface area contributed by atoms with Crippen LogP contribution in [0.15, 0.2) is 55.0 Å². The van der Waals surface area contributed by atoms with Crippen molar-refractivity contribution in [2.75, 3.05) is 36.7 Å². The zero-order valence-electron chi connectivity index (χ0n) is 17.6. The van der Waals surface area contributed by atoms with Crippen molar-refractivity contribution >= 4 is 44.9 Å². The third-order valence-corrected chi connectivity index (χ3v) is 5.58. The Labute approximate surface area is 188 Å². The molecule has 0 radical (unpaired) electrons. The van der Waals surface area contributed by atoms with E-state index in [0.717, 1.165) is 27.9 Å². The molecule has 0 aliphatic rings. The number of carbonyl (C=O) groups excluding carboxylic acids is 1. The van der Waals surface area contributed by atoms with E-state index in [1.54, 1.807) is 20.4 Å². The minimum Gasteiger partial charge on any atom is -0.493 e. The quantitative estimate of drug-likeness (QED) is 0.365. The standard InChI is InChI=1S/C22H22N6O3S/c1-30-18-10-16-17(11-19(18)31-2)25-13-26-20(16)23-9-8-15-12-24-22(32-15)28-21(29)27-14-6-4-3-5-7-14/h3-7,10-13H,8-9H2,1-2H3,(H,23,25,26)(H2,24,27,28,29). The number of nitrogens with zero attached hydrogens (tertiary/aromatic N) is 3. The largest absolute Gasteiger partial charge is 0.493 e. The Morgan fingerprint density at radius 1 is 1.00 bits per heavy atom. The molecule has 0 saturated carbocycles. The molecule has 10 heteroatoms. The fourth-order valence-corrected chi connectivity index (χ4v) is 3.90. The molecule has 164 valence electrons. The lowest BCUT2D eigenvalue weighted by Gasteiger charge is -2.11. The lowest BCUT2D eigenvalue weighted by molar-refractivity contribution is 0.262. The van der Waals surface area contributed by atoms with Gasteiger partial charge in [-0.3, -0.25) is 5.32 Å². The molecule has 2 aromatic carbocycles. The number of methoxy groups -OCH3 is 2. The summed E-state index contributed by atoms with van der Waals surface area (Å²) in [5.74, 6) is 1.94. The summed E-state index contributed by atoms with van der Waals surface area (Å²) in [6, 6.07) is 12.6. The monoisotopic (exact) mass is 450 g/mol. The van der Waals surface area contributed by atoms with Gasteiger partial charge >= 0.3 is 6.03 Å². The van der Waals surface area contributed by atoms with Crippen molar-refractivity contribution in [3.05, 3.63) is 59.9 Å². The average molecular weight is 451 g/mol. The van der Waals surface area contributed by atoms with Gasteiger partial charge in [0, 0.05) is 41.2 Å². The smallest absolute Gasteiger partial charge is 0.325 e. The lowest BCUT2D eigenvalue weighted by Crippen LogP contribution is -2.19. The van der Waals surface area contributed by atoms with Gasteiger partial charge in [0.25, 0.3) is 0 Å². The van der Waals surface area contributed by atoms with Crippen LogP contribution in [-0.2, 0) is 6.42 Å². The maximum absolute atomic E-state index is 12.1. The number of ether oxygens (including phenoxy) is 2. The molecular weight excluding hydrogens is 428 g/mol. The summed E-state index contributed by atoms with van der Waals surface area (Å²) in [4.78, 5) is 26.1. The Kier molecular flexibility index (Phi) is 6.61. The summed E-state index contributed by atoms with van der Waals surface area (Å²) in [6.07, 6.45) is 3.99. The first-order chi connectivity index (χ1) is 15.7. The lowest BCUT2D eigenvalue weighted by atomic mass is 10.2. The van der Waals surface area contributed by atoms with Crippen molar-refractivity contribution in [3.63, 3.8) is 0 Å². The highest BCUT2D eigenvalue weighted by molar-refractivity contribution is 7.15. The molecule has 0 aliphatic heterocycles. The Hall–Kier alpha value is -3.92. The number of thiazole rings is 1. The van der Waals surface area contributed by atoms with Crippen LogP contribution >= 0.6 is 11.3 Å². The third kappa shape index (κ3) is 5.03. The van der Waals surface area contributed by atoms with Gasteiger partial charge in [0.15, 0.2) is 16.6 Å². The van der Waals surface area contributed by atoms with Crippen molar-refractivity contribution < 1.29 is 14.3 Å². The maximum Gasteiger partial charge on any atom is 0.325 e. The molecule has 0 unspecified atom stereocenters. The fourth-order valence-electron chi connectivity index (χ4n) is 3.09. The van der Waals surface area contributed by atoms with E-state index in [1.165, 1.54) is 17.7 Å². The van der Waals surface area contributed by atoms with Crippen LogP contribution in [0.4, 0.5) is 21.4 Å². The van der Waals surface area contributed by atoms with Crippen LogP contribution < -0.4 is 25.4 Å². The van der Waals surface area contributed by atoms with Gasteiger partial charge in [0.05, 0.1) is 19.7 Å². The molecule has 32 heavy (non-hydrogen) atoms. The van der Waals surface area contributed by atoms with E-state index >= 15 is 0 Å². The van der Waals surface area contributed by atoms with E-state index in [2.05, 4.69) is 30.9 Å². The van der Waals surface area contributed by atoms with Crippen LogP contribution in [0.25, 0.3) is 10.9 Å². The molecule has 0 spiro atoms. The molecule has 2 heterocycles. The molecule has 0 bridgehead atoms. The highest BCUT2D eigenvalue weighted by Gasteiger charge is 2.11. The number of hydrogen-bond acceptors (Lipinski definition) is 8. The number of urea groups is 1. The van der Waals surface area contributed by atoms with E-state index in [1.807, 2.05) is 42.5 Å². The summed E-state index contributed by atoms with van der Waals surface area (Å²) >= 11 is 1.43. The number of para-hydroxylation sites is 1. The maximum atomic E-state index is 12.1. The molecule has 0 saturated heterocycles. The van der Waals surface area contributed by atoms with Gasteiger partial charge < -0.3 is 20.1 Å². The zero-order chi connectivity index (χ0) is 22.3. The van der Waals surface area contributed by atoms with Gasteiger partial charge in [0.2, 0.25) is 0 Å². The van der Waals surface area contributed by atoms with Gasteiger partial charge in [-0.15, -0.1) is 11.3 Å². The Morgan fingerprint density at radius 3 is 2.56 bits per heavy atom. The number of amides is 2. The van der Waals surface area contributed by atoms with Gasteiger partial charge in [-0.1, -0.05) is 18.2 Å². The molecule has 9 nitrogen and oxygen atoms in total. The summed E-state index contributed by atoms with van der Waals surface area (Å²) in [7, 11) is 3.18. The predicted octanol–water partition coefficient (Wildman–Crippen LogP) is 4.40. The van der Waals surface area contributed by atoms with Crippen molar-refractivity contribution in [2.45, 2.75) is 6.42 Å². The number of aromatic nitrogens is 3. The van der Waals surface area contributed by atoms with E-state index < -0.39 is 0 Å². The molecule has 3 N–H and O–H groups in total. The molecule has 0 aliphatic carbocycles. The van der Waals surface area contributed by atoms with Crippen molar-refractivity contribution in [3.8, 4) is 11.5 Å². The number of benzene rings is 2. The third-order valence-electron chi connectivity index (χ3n) is 4.61. The molecule has 2 aromatic heterocycles. The highest BCUT2D eigenvalue weighted by Crippen LogP contribution is 2.33. The average Bonchev–Trinajstić information content (AvgIpc) is 3.25. The van der Waals surface area contributed by atoms with Crippen molar-refractivity contribution in [1.82, 2.24) is 15.0 Å². The first-order valence-corrected chi connectivity index (χ1v) is 10.7. The zero-order valence-corrected chi connectivity index (χ0v) is 18.4. The first kappa shape index (κ1) is 21.3. The Bertz CT molecular complexity index is 1220. The van der Waals surface area contributed by atoms with E-state index in [-0.39, 0.29) is 6.03 Å². The van der Waals surface area contributed by atoms with Gasteiger partial charge in [0.1, 0.15) is 12.1 Å². The summed E-state index contributed by atoms with van der Waals surface area (Å²) < 4.78 is 10.7. The van der Waals surface area contributed by atoms with Crippen molar-refractivity contribution in [1.29, 1.82) is 0 Å². The van der Waals surface area contributed by atoms with Crippen LogP contribution in [0.1, 0.15) is 4.88 Å². The van der Waals surface area contributed by atoms with E-state index in [9.17, 15) is 4.79 Å². The number of carbonyl (C=O) groups is 1. The van der Waals surface area contributed by atoms with E-state index in [0.29, 0.717) is 29.0 Å². The minimum absolute atomic E-state index is 0.327. The van der Waals surface area contributed by atoms with Crippen LogP contribution in [0.5, 0.6) is 11.5 Å². The summed E-state index contributed by atoms with van der Waals surface area (Å²) in [6.45, 7) is 0.637. The molecular formula is C22H22N6O3S. The van der Waals surface area contributed by atoms with Crippen LogP contribution in [-0.4, -0.2) is 41.7 Å². The predicted molar refractivity (Wildman–Crippen MR) is 126 cm³/mol. The van der Waals surface area contributed by atoms with Crippen LogP contribution in [0, 0.1) is 0 Å². The Balaban J connectivity index is 1.35. The topological polar surface area (TPSA) is 110 Å². The van der Waals surface area contributed by atoms with Gasteiger partial charge in [-0.05, 0) is 18.2 Å². The SMILES string of the molecule is COc1cc2ncnc(NCCc3cnc(NC(=O)Nc4ccccc4)s3)c2cc1OC. The second kappa shape index (κ2) is 9.92. The number of anilines is 3. The fraction of sp³-hybridized carbons (Fsp3) is 0.182. The molecule has 4 rings (SSSR count). The number of rotatable bonds is 8. The molecule has 0 atom stereocenters. The second-order valence-corrected chi connectivity index (χ2v) is 7.82. The minimum atomic E-state index is -0.327. The van der Waals surface area contributed by atoms with Crippen molar-refractivity contribution in [2.24, 2.45) is 0 Å². The Morgan fingerprint density at radius 2 is 1.78 bits per heavy atom. The molecule has 0 fully saturated rings. The normalized spacial score (nSPS) is 10.6. The number of hydrogen-bond donors (Lipinski definition) is 3. The first-order valence-electron chi connectivity index (χ1n) is 9.84. The molecule has 2 amide bonds. The van der Waals surface area contributed by atoms with Crippen LogP contribution in [0.2, 0.25) is 0 Å². The van der Waals surface area contributed by atoms with E-state index in [4.69, 9.17) is 9.47 Å².